The predicted molar refractivity (Wildman–Crippen MR) is 74.1 cm³/mol. The number of carbonyl (C=O) groups excluding carboxylic acids is 1. The van der Waals surface area contributed by atoms with Crippen molar-refractivity contribution in [2.24, 2.45) is 0 Å². The molecule has 0 saturated carbocycles. The van der Waals surface area contributed by atoms with Crippen LogP contribution in [0.3, 0.4) is 0 Å². The van der Waals surface area contributed by atoms with Gasteiger partial charge in [0.2, 0.25) is 0 Å². The first-order chi connectivity index (χ1) is 8.63. The molecule has 1 amide bonds. The lowest BCUT2D eigenvalue weighted by atomic mass is 10.1. The van der Waals surface area contributed by atoms with Gasteiger partial charge in [0.1, 0.15) is 5.75 Å². The Balaban J connectivity index is 2.27. The highest BCUT2D eigenvalue weighted by atomic mass is 79.9. The first-order valence-corrected chi connectivity index (χ1v) is 6.78. The standard InChI is InChI=1S/C13H17BrN2O2/c1-9-8-15-5-6-16(9)13(17)11-7-10(18-2)3-4-12(11)14/h3-4,7,9,15H,5-6,8H2,1-2H3/t9-/m1/s1. The van der Waals surface area contributed by atoms with Gasteiger partial charge in [0.15, 0.2) is 0 Å². The van der Waals surface area contributed by atoms with Crippen LogP contribution in [0.25, 0.3) is 0 Å². The van der Waals surface area contributed by atoms with Gasteiger partial charge in [-0.3, -0.25) is 4.79 Å². The van der Waals surface area contributed by atoms with E-state index in [-0.39, 0.29) is 11.9 Å². The van der Waals surface area contributed by atoms with Gasteiger partial charge < -0.3 is 15.0 Å². The number of rotatable bonds is 2. The van der Waals surface area contributed by atoms with Crippen LogP contribution in [-0.2, 0) is 0 Å². The molecule has 0 aliphatic carbocycles. The van der Waals surface area contributed by atoms with Gasteiger partial charge in [-0.15, -0.1) is 0 Å². The van der Waals surface area contributed by atoms with Crippen molar-refractivity contribution in [3.63, 3.8) is 0 Å². The molecule has 4 nitrogen and oxygen atoms in total. The van der Waals surface area contributed by atoms with Gasteiger partial charge in [-0.05, 0) is 41.1 Å². The average molecular weight is 313 g/mol. The molecule has 18 heavy (non-hydrogen) atoms. The Labute approximate surface area is 115 Å². The summed E-state index contributed by atoms with van der Waals surface area (Å²) in [5, 5.41) is 3.28. The van der Waals surface area contributed by atoms with Gasteiger partial charge in [0.25, 0.3) is 5.91 Å². The van der Waals surface area contributed by atoms with Crippen molar-refractivity contribution in [3.05, 3.63) is 28.2 Å². The maximum atomic E-state index is 12.5. The summed E-state index contributed by atoms with van der Waals surface area (Å²) in [7, 11) is 1.60. The number of nitrogens with one attached hydrogen (secondary N) is 1. The van der Waals surface area contributed by atoms with E-state index in [1.54, 1.807) is 13.2 Å². The van der Waals surface area contributed by atoms with Gasteiger partial charge in [0, 0.05) is 30.1 Å². The summed E-state index contributed by atoms with van der Waals surface area (Å²) in [4.78, 5) is 14.4. The molecule has 0 unspecified atom stereocenters. The number of piperazine rings is 1. The molecule has 2 rings (SSSR count). The molecular formula is C13H17BrN2O2. The second kappa shape index (κ2) is 5.71. The fourth-order valence-electron chi connectivity index (χ4n) is 2.09. The van der Waals surface area contributed by atoms with E-state index in [2.05, 4.69) is 28.2 Å². The predicted octanol–water partition coefficient (Wildman–Crippen LogP) is 1.89. The van der Waals surface area contributed by atoms with Crippen molar-refractivity contribution < 1.29 is 9.53 Å². The van der Waals surface area contributed by atoms with Crippen LogP contribution in [0.5, 0.6) is 5.75 Å². The lowest BCUT2D eigenvalue weighted by Gasteiger charge is -2.34. The summed E-state index contributed by atoms with van der Waals surface area (Å²) in [6.45, 7) is 4.48. The third-order valence-electron chi connectivity index (χ3n) is 3.17. The van der Waals surface area contributed by atoms with E-state index >= 15 is 0 Å². The minimum Gasteiger partial charge on any atom is -0.497 e. The van der Waals surface area contributed by atoms with Crippen molar-refractivity contribution in [2.75, 3.05) is 26.7 Å². The maximum absolute atomic E-state index is 12.5. The Kier molecular flexibility index (Phi) is 4.24. The fourth-order valence-corrected chi connectivity index (χ4v) is 2.51. The van der Waals surface area contributed by atoms with Crippen LogP contribution in [-0.4, -0.2) is 43.6 Å². The van der Waals surface area contributed by atoms with E-state index in [4.69, 9.17) is 4.74 Å². The molecule has 5 heteroatoms. The molecular weight excluding hydrogens is 296 g/mol. The Hall–Kier alpha value is -1.07. The first kappa shape index (κ1) is 13.4. The number of hydrogen-bond acceptors (Lipinski definition) is 3. The zero-order valence-electron chi connectivity index (χ0n) is 10.6. The highest BCUT2D eigenvalue weighted by molar-refractivity contribution is 9.10. The number of halogens is 1. The van der Waals surface area contributed by atoms with Crippen molar-refractivity contribution in [1.29, 1.82) is 0 Å². The smallest absolute Gasteiger partial charge is 0.255 e. The molecule has 0 spiro atoms. The van der Waals surface area contributed by atoms with E-state index < -0.39 is 0 Å². The lowest BCUT2D eigenvalue weighted by molar-refractivity contribution is 0.0654. The second-order valence-electron chi connectivity index (χ2n) is 4.40. The molecule has 1 aliphatic rings. The molecule has 0 bridgehead atoms. The number of hydrogen-bond donors (Lipinski definition) is 1. The molecule has 1 aliphatic heterocycles. The van der Waals surface area contributed by atoms with Gasteiger partial charge in [-0.1, -0.05) is 0 Å². The van der Waals surface area contributed by atoms with Crippen molar-refractivity contribution in [1.82, 2.24) is 10.2 Å². The molecule has 1 saturated heterocycles. The summed E-state index contributed by atoms with van der Waals surface area (Å²) in [5.74, 6) is 0.749. The van der Waals surface area contributed by atoms with Crippen LogP contribution in [0, 0.1) is 0 Å². The van der Waals surface area contributed by atoms with Crippen molar-refractivity contribution in [3.8, 4) is 5.75 Å². The van der Waals surface area contributed by atoms with Gasteiger partial charge in [-0.2, -0.15) is 0 Å². The summed E-state index contributed by atoms with van der Waals surface area (Å²) >= 11 is 3.43. The second-order valence-corrected chi connectivity index (χ2v) is 5.25. The van der Waals surface area contributed by atoms with Crippen molar-refractivity contribution in [2.45, 2.75) is 13.0 Å². The molecule has 1 aromatic rings. The summed E-state index contributed by atoms with van der Waals surface area (Å²) < 4.78 is 5.97. The van der Waals surface area contributed by atoms with Crippen LogP contribution < -0.4 is 10.1 Å². The van der Waals surface area contributed by atoms with E-state index in [1.807, 2.05) is 17.0 Å². The van der Waals surface area contributed by atoms with Crippen LogP contribution in [0.15, 0.2) is 22.7 Å². The number of carbonyl (C=O) groups is 1. The Bertz CT molecular complexity index is 451. The Morgan fingerprint density at radius 3 is 3.00 bits per heavy atom. The zero-order valence-corrected chi connectivity index (χ0v) is 12.2. The molecule has 1 fully saturated rings. The van der Waals surface area contributed by atoms with E-state index in [9.17, 15) is 4.79 Å². The highest BCUT2D eigenvalue weighted by Gasteiger charge is 2.25. The van der Waals surface area contributed by atoms with Gasteiger partial charge >= 0.3 is 0 Å². The maximum Gasteiger partial charge on any atom is 0.255 e. The third-order valence-corrected chi connectivity index (χ3v) is 3.86. The van der Waals surface area contributed by atoms with Crippen molar-refractivity contribution >= 4 is 21.8 Å². The molecule has 1 N–H and O–H groups in total. The molecule has 1 atom stereocenters. The molecule has 1 aromatic carbocycles. The SMILES string of the molecule is COc1ccc(Br)c(C(=O)N2CCNC[C@H]2C)c1. The molecule has 1 heterocycles. The first-order valence-electron chi connectivity index (χ1n) is 5.98. The number of ether oxygens (including phenoxy) is 1. The Morgan fingerprint density at radius 1 is 1.56 bits per heavy atom. The number of benzene rings is 1. The monoisotopic (exact) mass is 312 g/mol. The minimum atomic E-state index is 0.0507. The number of methoxy groups -OCH3 is 1. The summed E-state index contributed by atoms with van der Waals surface area (Å²) in [5.41, 5.74) is 0.656. The van der Waals surface area contributed by atoms with Crippen LogP contribution in [0.2, 0.25) is 0 Å². The summed E-state index contributed by atoms with van der Waals surface area (Å²) in [6, 6.07) is 5.67. The Morgan fingerprint density at radius 2 is 2.33 bits per heavy atom. The van der Waals surface area contributed by atoms with E-state index in [1.165, 1.54) is 0 Å². The van der Waals surface area contributed by atoms with Crippen LogP contribution >= 0.6 is 15.9 Å². The average Bonchev–Trinajstić information content (AvgIpc) is 2.39. The number of nitrogens with zero attached hydrogens (tertiary/aromatic N) is 1. The zero-order chi connectivity index (χ0) is 13.1. The molecule has 0 aromatic heterocycles. The molecule has 0 radical (unpaired) electrons. The largest absolute Gasteiger partial charge is 0.497 e. The van der Waals surface area contributed by atoms with E-state index in [0.29, 0.717) is 11.3 Å². The number of amides is 1. The summed E-state index contributed by atoms with van der Waals surface area (Å²) in [6.07, 6.45) is 0. The topological polar surface area (TPSA) is 41.6 Å². The fraction of sp³-hybridized carbons (Fsp3) is 0.462. The molecule has 98 valence electrons. The lowest BCUT2D eigenvalue weighted by Crippen LogP contribution is -2.52. The van der Waals surface area contributed by atoms with E-state index in [0.717, 1.165) is 24.1 Å². The van der Waals surface area contributed by atoms with Crippen LogP contribution in [0.4, 0.5) is 0 Å². The quantitative estimate of drug-likeness (QED) is 0.907. The third kappa shape index (κ3) is 2.67. The van der Waals surface area contributed by atoms with Crippen LogP contribution in [0.1, 0.15) is 17.3 Å². The van der Waals surface area contributed by atoms with Gasteiger partial charge in [-0.25, -0.2) is 0 Å². The minimum absolute atomic E-state index is 0.0507. The highest BCUT2D eigenvalue weighted by Crippen LogP contribution is 2.24. The van der Waals surface area contributed by atoms with Gasteiger partial charge in [0.05, 0.1) is 12.7 Å². The normalized spacial score (nSPS) is 19.7.